The highest BCUT2D eigenvalue weighted by atomic mass is 15.2. The third kappa shape index (κ3) is 5.06. The summed E-state index contributed by atoms with van der Waals surface area (Å²) in [4.78, 5) is 20.5. The van der Waals surface area contributed by atoms with Gasteiger partial charge in [-0.2, -0.15) is 9.97 Å². The molecular weight excluding hydrogens is 731 g/mol. The van der Waals surface area contributed by atoms with E-state index in [9.17, 15) is 0 Å². The maximum atomic E-state index is 5.24. The fourth-order valence-electron chi connectivity index (χ4n) is 9.64. The van der Waals surface area contributed by atoms with Crippen LogP contribution in [-0.4, -0.2) is 24.5 Å². The zero-order valence-corrected chi connectivity index (χ0v) is 32.4. The Balaban J connectivity index is 1.14. The number of hydrogen-bond acceptors (Lipinski definition) is 4. The minimum absolute atomic E-state index is 0.570. The Labute approximate surface area is 347 Å². The summed E-state index contributed by atoms with van der Waals surface area (Å²) in [7, 11) is 0. The van der Waals surface area contributed by atoms with Crippen molar-refractivity contribution in [3.05, 3.63) is 235 Å². The molecule has 0 saturated heterocycles. The number of para-hydroxylation sites is 1. The minimum atomic E-state index is -0.572. The van der Waals surface area contributed by atoms with Crippen molar-refractivity contribution < 1.29 is 0 Å². The van der Waals surface area contributed by atoms with E-state index < -0.39 is 5.41 Å². The second-order valence-corrected chi connectivity index (χ2v) is 15.4. The Kier molecular flexibility index (Phi) is 7.69. The van der Waals surface area contributed by atoms with Gasteiger partial charge in [-0.15, -0.1) is 0 Å². The summed E-state index contributed by atoms with van der Waals surface area (Å²) >= 11 is 0. The number of hydrogen-bond donors (Lipinski definition) is 0. The van der Waals surface area contributed by atoms with Crippen molar-refractivity contribution in [2.75, 3.05) is 0 Å². The van der Waals surface area contributed by atoms with Gasteiger partial charge in [0.2, 0.25) is 5.95 Å². The molecule has 3 aromatic heterocycles. The lowest BCUT2D eigenvalue weighted by atomic mass is 9.69. The predicted molar refractivity (Wildman–Crippen MR) is 243 cm³/mol. The van der Waals surface area contributed by atoms with Crippen LogP contribution in [0.3, 0.4) is 0 Å². The third-order valence-electron chi connectivity index (χ3n) is 12.2. The topological polar surface area (TPSA) is 56.5 Å². The van der Waals surface area contributed by atoms with E-state index in [0.29, 0.717) is 17.6 Å². The maximum Gasteiger partial charge on any atom is 0.238 e. The molecule has 3 heterocycles. The molecule has 0 N–H and O–H groups in total. The second-order valence-electron chi connectivity index (χ2n) is 15.4. The van der Waals surface area contributed by atoms with E-state index in [1.807, 2.05) is 48.7 Å². The first-order chi connectivity index (χ1) is 29.8. The normalized spacial score (nSPS) is 14.4. The average Bonchev–Trinajstić information content (AvgIpc) is 3.83. The maximum absolute atomic E-state index is 5.24. The molecule has 12 rings (SSSR count). The summed E-state index contributed by atoms with van der Waals surface area (Å²) in [5.41, 5.74) is 12.7. The van der Waals surface area contributed by atoms with Crippen LogP contribution >= 0.6 is 0 Å². The summed E-state index contributed by atoms with van der Waals surface area (Å²) < 4.78 is 2.23. The van der Waals surface area contributed by atoms with Crippen LogP contribution < -0.4 is 0 Å². The quantitative estimate of drug-likeness (QED) is 0.169. The third-order valence-corrected chi connectivity index (χ3v) is 12.2. The SMILES string of the molecule is c1ccc(-c2nc(-c3ccccc3)nc(-n3c4ccccc4c4c5ccccc5c(-c5ccc6c(c5)-c5ccccc5C6(c5ccccc5)c5ccccn5)cc43)n2)cc1. The number of fused-ring (bicyclic) bond motifs is 8. The summed E-state index contributed by atoms with van der Waals surface area (Å²) in [6, 6.07) is 73.0. The van der Waals surface area contributed by atoms with Gasteiger partial charge in [0, 0.05) is 28.1 Å². The molecule has 0 fully saturated rings. The molecule has 11 aromatic rings. The second kappa shape index (κ2) is 13.5. The number of benzene rings is 8. The lowest BCUT2D eigenvalue weighted by Crippen LogP contribution is -2.29. The van der Waals surface area contributed by atoms with Crippen molar-refractivity contribution >= 4 is 32.6 Å². The highest BCUT2D eigenvalue weighted by Gasteiger charge is 2.47. The van der Waals surface area contributed by atoms with Gasteiger partial charge in [-0.25, -0.2) is 4.98 Å². The summed E-state index contributed by atoms with van der Waals surface area (Å²) in [6.45, 7) is 0. The molecule has 1 aliphatic rings. The van der Waals surface area contributed by atoms with Gasteiger partial charge in [-0.3, -0.25) is 9.55 Å². The van der Waals surface area contributed by atoms with Crippen LogP contribution in [0.15, 0.2) is 212 Å². The lowest BCUT2D eigenvalue weighted by Gasteiger charge is -2.32. The summed E-state index contributed by atoms with van der Waals surface area (Å²) in [6.07, 6.45) is 1.91. The van der Waals surface area contributed by atoms with E-state index in [4.69, 9.17) is 19.9 Å². The Morgan fingerprint density at radius 2 is 0.983 bits per heavy atom. The van der Waals surface area contributed by atoms with Crippen LogP contribution in [-0.2, 0) is 5.41 Å². The van der Waals surface area contributed by atoms with E-state index in [1.165, 1.54) is 38.6 Å². The van der Waals surface area contributed by atoms with Crippen LogP contribution in [0.25, 0.3) is 83.6 Å². The standard InChI is InChI=1S/C55H35N5/c1-4-18-36(19-5-1)52-57-53(37-20-6-2-7-21-37)59-54(58-52)60-48-29-15-13-27-43(48)51-42-26-11-10-24-40(42)44(35-49(51)60)38-31-32-47-45(34-38)41-25-12-14-28-46(41)55(47,39-22-8-3-9-23-39)50-30-16-17-33-56-50/h1-35H. The van der Waals surface area contributed by atoms with Crippen LogP contribution in [0.4, 0.5) is 0 Å². The van der Waals surface area contributed by atoms with Gasteiger partial charge in [0.05, 0.1) is 22.1 Å². The lowest BCUT2D eigenvalue weighted by molar-refractivity contribution is 0.735. The molecule has 60 heavy (non-hydrogen) atoms. The molecule has 1 unspecified atom stereocenters. The van der Waals surface area contributed by atoms with Crippen LogP contribution in [0.5, 0.6) is 0 Å². The molecule has 1 aliphatic carbocycles. The largest absolute Gasteiger partial charge is 0.278 e. The molecule has 5 heteroatoms. The molecule has 280 valence electrons. The van der Waals surface area contributed by atoms with Gasteiger partial charge < -0.3 is 0 Å². The average molecular weight is 766 g/mol. The molecule has 0 radical (unpaired) electrons. The van der Waals surface area contributed by atoms with E-state index in [1.54, 1.807) is 0 Å². The summed E-state index contributed by atoms with van der Waals surface area (Å²) in [5.74, 6) is 1.82. The Bertz CT molecular complexity index is 3320. The van der Waals surface area contributed by atoms with Gasteiger partial charge in [-0.05, 0) is 80.0 Å². The predicted octanol–water partition coefficient (Wildman–Crippen LogP) is 12.9. The zero-order valence-electron chi connectivity index (χ0n) is 32.4. The van der Waals surface area contributed by atoms with E-state index in [0.717, 1.165) is 49.8 Å². The highest BCUT2D eigenvalue weighted by molar-refractivity contribution is 6.24. The Morgan fingerprint density at radius 1 is 0.383 bits per heavy atom. The zero-order chi connectivity index (χ0) is 39.6. The fraction of sp³-hybridized carbons (Fsp3) is 0.0182. The van der Waals surface area contributed by atoms with Gasteiger partial charge in [0.25, 0.3) is 0 Å². The first-order valence-corrected chi connectivity index (χ1v) is 20.3. The van der Waals surface area contributed by atoms with Crippen molar-refractivity contribution in [2.24, 2.45) is 0 Å². The smallest absolute Gasteiger partial charge is 0.238 e. The van der Waals surface area contributed by atoms with Gasteiger partial charge in [0.1, 0.15) is 0 Å². The molecule has 0 amide bonds. The van der Waals surface area contributed by atoms with Crippen molar-refractivity contribution in [1.29, 1.82) is 0 Å². The van der Waals surface area contributed by atoms with Crippen molar-refractivity contribution in [2.45, 2.75) is 5.41 Å². The van der Waals surface area contributed by atoms with Gasteiger partial charge in [-0.1, -0.05) is 176 Å². The molecule has 8 aromatic carbocycles. The summed E-state index contributed by atoms with van der Waals surface area (Å²) in [5, 5.41) is 4.67. The molecule has 0 bridgehead atoms. The molecule has 0 saturated carbocycles. The van der Waals surface area contributed by atoms with E-state index in [2.05, 4.69) is 168 Å². The number of nitrogens with zero attached hydrogens (tertiary/aromatic N) is 5. The van der Waals surface area contributed by atoms with Crippen molar-refractivity contribution in [3.8, 4) is 51.0 Å². The van der Waals surface area contributed by atoms with Crippen LogP contribution in [0.2, 0.25) is 0 Å². The van der Waals surface area contributed by atoms with Crippen molar-refractivity contribution in [1.82, 2.24) is 24.5 Å². The Morgan fingerprint density at radius 3 is 1.70 bits per heavy atom. The minimum Gasteiger partial charge on any atom is -0.278 e. The van der Waals surface area contributed by atoms with Gasteiger partial charge in [0.15, 0.2) is 11.6 Å². The fourth-order valence-corrected chi connectivity index (χ4v) is 9.64. The molecule has 1 atom stereocenters. The van der Waals surface area contributed by atoms with Crippen molar-refractivity contribution in [3.63, 3.8) is 0 Å². The monoisotopic (exact) mass is 765 g/mol. The Hall–Kier alpha value is -8.02. The number of aromatic nitrogens is 5. The first kappa shape index (κ1) is 34.1. The van der Waals surface area contributed by atoms with Crippen LogP contribution in [0, 0.1) is 0 Å². The number of rotatable bonds is 6. The van der Waals surface area contributed by atoms with Gasteiger partial charge >= 0.3 is 0 Å². The van der Waals surface area contributed by atoms with E-state index in [-0.39, 0.29) is 0 Å². The number of pyridine rings is 1. The molecule has 0 aliphatic heterocycles. The molecular formula is C55H35N5. The highest BCUT2D eigenvalue weighted by Crippen LogP contribution is 2.56. The molecule has 5 nitrogen and oxygen atoms in total. The first-order valence-electron chi connectivity index (χ1n) is 20.3. The molecule has 0 spiro atoms. The van der Waals surface area contributed by atoms with E-state index >= 15 is 0 Å². The van der Waals surface area contributed by atoms with Crippen LogP contribution in [0.1, 0.15) is 22.4 Å².